The van der Waals surface area contributed by atoms with Crippen LogP contribution in [0.25, 0.3) is 10.8 Å². The fourth-order valence-electron chi connectivity index (χ4n) is 1.82. The summed E-state index contributed by atoms with van der Waals surface area (Å²) in [4.78, 5) is 9.34. The minimum atomic E-state index is 0.459. The number of halogens is 1. The van der Waals surface area contributed by atoms with Crippen molar-refractivity contribution in [3.8, 4) is 10.8 Å². The second-order valence-electron chi connectivity index (χ2n) is 4.29. The van der Waals surface area contributed by atoms with E-state index in [1.807, 2.05) is 31.2 Å². The third-order valence-electron chi connectivity index (χ3n) is 2.75. The van der Waals surface area contributed by atoms with Gasteiger partial charge in [-0.2, -0.15) is 4.98 Å². The highest BCUT2D eigenvalue weighted by Gasteiger charge is 2.15. The molecule has 102 valence electrons. The normalized spacial score (nSPS) is 10.9. The molecule has 0 aliphatic carbocycles. The Morgan fingerprint density at radius 3 is 2.65 bits per heavy atom. The summed E-state index contributed by atoms with van der Waals surface area (Å²) in [6, 6.07) is 7.56. The summed E-state index contributed by atoms with van der Waals surface area (Å²) in [5.41, 5.74) is 7.54. The SMILES string of the molecule is Cc1nc(N)sc1-c1nc(Cc2ccc(Cl)cc2)no1. The summed E-state index contributed by atoms with van der Waals surface area (Å²) in [6.07, 6.45) is 0.591. The quantitative estimate of drug-likeness (QED) is 0.803. The molecule has 0 saturated heterocycles. The van der Waals surface area contributed by atoms with Crippen LogP contribution >= 0.6 is 22.9 Å². The standard InChI is InChI=1S/C13H11ClN4OS/c1-7-11(20-13(15)16-7)12-17-10(18-19-12)6-8-2-4-9(14)5-3-8/h2-5H,6H2,1H3,(H2,15,16). The Labute approximate surface area is 124 Å². The summed E-state index contributed by atoms with van der Waals surface area (Å²) < 4.78 is 5.27. The van der Waals surface area contributed by atoms with Crippen LogP contribution in [0.3, 0.4) is 0 Å². The van der Waals surface area contributed by atoms with Crippen LogP contribution in [0, 0.1) is 6.92 Å². The highest BCUT2D eigenvalue weighted by atomic mass is 35.5. The summed E-state index contributed by atoms with van der Waals surface area (Å²) in [7, 11) is 0. The number of nitrogens with zero attached hydrogens (tertiary/aromatic N) is 3. The van der Waals surface area contributed by atoms with Gasteiger partial charge in [0.1, 0.15) is 4.88 Å². The first kappa shape index (κ1) is 13.1. The number of hydrogen-bond donors (Lipinski definition) is 1. The fraction of sp³-hybridized carbons (Fsp3) is 0.154. The molecule has 3 aromatic rings. The van der Waals surface area contributed by atoms with E-state index < -0.39 is 0 Å². The lowest BCUT2D eigenvalue weighted by molar-refractivity contribution is 0.424. The van der Waals surface area contributed by atoms with Gasteiger partial charge in [0.05, 0.1) is 5.69 Å². The van der Waals surface area contributed by atoms with Crippen molar-refractivity contribution in [2.24, 2.45) is 0 Å². The Morgan fingerprint density at radius 1 is 1.25 bits per heavy atom. The van der Waals surface area contributed by atoms with E-state index in [0.29, 0.717) is 28.3 Å². The number of hydrogen-bond acceptors (Lipinski definition) is 6. The third-order valence-corrected chi connectivity index (χ3v) is 3.98. The number of benzene rings is 1. The Bertz CT molecular complexity index is 735. The maximum atomic E-state index is 5.85. The van der Waals surface area contributed by atoms with Crippen LogP contribution in [0.4, 0.5) is 5.13 Å². The highest BCUT2D eigenvalue weighted by Crippen LogP contribution is 2.30. The van der Waals surface area contributed by atoms with Crippen LogP contribution in [-0.4, -0.2) is 15.1 Å². The number of nitrogen functional groups attached to an aromatic ring is 1. The van der Waals surface area contributed by atoms with Gasteiger partial charge >= 0.3 is 0 Å². The molecule has 0 radical (unpaired) electrons. The van der Waals surface area contributed by atoms with E-state index in [0.717, 1.165) is 16.1 Å². The van der Waals surface area contributed by atoms with Crippen LogP contribution < -0.4 is 5.73 Å². The van der Waals surface area contributed by atoms with E-state index in [9.17, 15) is 0 Å². The molecular weight excluding hydrogens is 296 g/mol. The Hall–Kier alpha value is -1.92. The zero-order valence-corrected chi connectivity index (χ0v) is 12.2. The summed E-state index contributed by atoms with van der Waals surface area (Å²) in [5, 5.41) is 5.18. The van der Waals surface area contributed by atoms with Gasteiger partial charge < -0.3 is 10.3 Å². The lowest BCUT2D eigenvalue weighted by Crippen LogP contribution is -1.90. The molecule has 1 aromatic carbocycles. The van der Waals surface area contributed by atoms with Gasteiger partial charge in [-0.05, 0) is 24.6 Å². The summed E-state index contributed by atoms with van der Waals surface area (Å²) in [5.74, 6) is 1.08. The van der Waals surface area contributed by atoms with Gasteiger partial charge in [0.25, 0.3) is 5.89 Å². The summed E-state index contributed by atoms with van der Waals surface area (Å²) in [6.45, 7) is 1.87. The van der Waals surface area contributed by atoms with Crippen molar-refractivity contribution in [1.82, 2.24) is 15.1 Å². The molecule has 0 aliphatic heterocycles. The number of aryl methyl sites for hydroxylation is 1. The predicted molar refractivity (Wildman–Crippen MR) is 78.8 cm³/mol. The number of nitrogens with two attached hydrogens (primary N) is 1. The Kier molecular flexibility index (Phi) is 3.42. The highest BCUT2D eigenvalue weighted by molar-refractivity contribution is 7.18. The van der Waals surface area contributed by atoms with Crippen LogP contribution in [0.15, 0.2) is 28.8 Å². The molecule has 7 heteroatoms. The second-order valence-corrected chi connectivity index (χ2v) is 5.75. The lowest BCUT2D eigenvalue weighted by Gasteiger charge is -1.96. The maximum Gasteiger partial charge on any atom is 0.270 e. The van der Waals surface area contributed by atoms with E-state index in [-0.39, 0.29) is 0 Å². The molecule has 0 aliphatic rings. The van der Waals surface area contributed by atoms with Crippen molar-refractivity contribution in [3.63, 3.8) is 0 Å². The molecule has 2 heterocycles. The average molecular weight is 307 g/mol. The van der Waals surface area contributed by atoms with E-state index in [2.05, 4.69) is 15.1 Å². The lowest BCUT2D eigenvalue weighted by atomic mass is 10.1. The van der Waals surface area contributed by atoms with Crippen molar-refractivity contribution < 1.29 is 4.52 Å². The van der Waals surface area contributed by atoms with E-state index in [4.69, 9.17) is 21.9 Å². The van der Waals surface area contributed by atoms with Crippen LogP contribution in [0.2, 0.25) is 5.02 Å². The molecule has 0 amide bonds. The van der Waals surface area contributed by atoms with Gasteiger partial charge in [0.2, 0.25) is 0 Å². The number of anilines is 1. The molecule has 0 saturated carbocycles. The minimum Gasteiger partial charge on any atom is -0.375 e. The zero-order valence-electron chi connectivity index (χ0n) is 10.6. The Balaban J connectivity index is 1.83. The van der Waals surface area contributed by atoms with Crippen molar-refractivity contribution >= 4 is 28.1 Å². The van der Waals surface area contributed by atoms with Crippen molar-refractivity contribution in [2.75, 3.05) is 5.73 Å². The monoisotopic (exact) mass is 306 g/mol. The first-order chi connectivity index (χ1) is 9.61. The van der Waals surface area contributed by atoms with Crippen LogP contribution in [-0.2, 0) is 6.42 Å². The molecule has 3 rings (SSSR count). The topological polar surface area (TPSA) is 77.8 Å². The number of aromatic nitrogens is 3. The van der Waals surface area contributed by atoms with E-state index in [1.165, 1.54) is 11.3 Å². The molecule has 2 aromatic heterocycles. The van der Waals surface area contributed by atoms with Gasteiger partial charge in [0.15, 0.2) is 11.0 Å². The largest absolute Gasteiger partial charge is 0.375 e. The van der Waals surface area contributed by atoms with Gasteiger partial charge in [0, 0.05) is 11.4 Å². The van der Waals surface area contributed by atoms with Gasteiger partial charge in [-0.1, -0.05) is 40.2 Å². The van der Waals surface area contributed by atoms with Gasteiger partial charge in [-0.15, -0.1) is 0 Å². The molecule has 0 bridgehead atoms. The molecule has 0 fully saturated rings. The van der Waals surface area contributed by atoms with E-state index in [1.54, 1.807) is 0 Å². The van der Waals surface area contributed by atoms with Crippen LogP contribution in [0.5, 0.6) is 0 Å². The first-order valence-corrected chi connectivity index (χ1v) is 7.11. The van der Waals surface area contributed by atoms with E-state index >= 15 is 0 Å². The van der Waals surface area contributed by atoms with Gasteiger partial charge in [-0.25, -0.2) is 4.98 Å². The van der Waals surface area contributed by atoms with Crippen LogP contribution in [0.1, 0.15) is 17.1 Å². The van der Waals surface area contributed by atoms with Crippen molar-refractivity contribution in [2.45, 2.75) is 13.3 Å². The fourth-order valence-corrected chi connectivity index (χ4v) is 2.70. The molecular formula is C13H11ClN4OS. The molecule has 5 nitrogen and oxygen atoms in total. The summed E-state index contributed by atoms with van der Waals surface area (Å²) >= 11 is 7.19. The molecule has 0 spiro atoms. The Morgan fingerprint density at radius 2 is 2.00 bits per heavy atom. The average Bonchev–Trinajstić information content (AvgIpc) is 2.99. The molecule has 0 unspecified atom stereocenters. The zero-order chi connectivity index (χ0) is 14.1. The molecule has 20 heavy (non-hydrogen) atoms. The molecule has 2 N–H and O–H groups in total. The third kappa shape index (κ3) is 2.66. The predicted octanol–water partition coefficient (Wildman–Crippen LogP) is 3.33. The maximum absolute atomic E-state index is 5.85. The second kappa shape index (κ2) is 5.22. The van der Waals surface area contributed by atoms with Crippen molar-refractivity contribution in [1.29, 1.82) is 0 Å². The number of rotatable bonds is 3. The smallest absolute Gasteiger partial charge is 0.270 e. The van der Waals surface area contributed by atoms with Crippen molar-refractivity contribution in [3.05, 3.63) is 46.4 Å². The first-order valence-electron chi connectivity index (χ1n) is 5.92. The molecule has 0 atom stereocenters. The number of thiazole rings is 1. The van der Waals surface area contributed by atoms with Gasteiger partial charge in [-0.3, -0.25) is 0 Å². The minimum absolute atomic E-state index is 0.459.